The van der Waals surface area contributed by atoms with Crippen LogP contribution in [-0.2, 0) is 16.0 Å². The van der Waals surface area contributed by atoms with Gasteiger partial charge in [-0.15, -0.1) is 0 Å². The number of carboxylic acid groups (broad SMARTS) is 1. The maximum atomic E-state index is 13.2. The van der Waals surface area contributed by atoms with Gasteiger partial charge in [0.05, 0.1) is 13.0 Å². The maximum absolute atomic E-state index is 13.2. The lowest BCUT2D eigenvalue weighted by Gasteiger charge is -2.27. The van der Waals surface area contributed by atoms with Gasteiger partial charge in [-0.2, -0.15) is 13.2 Å². The summed E-state index contributed by atoms with van der Waals surface area (Å²) in [5.41, 5.74) is -2.25. The van der Waals surface area contributed by atoms with Crippen molar-refractivity contribution in [2.24, 2.45) is 11.3 Å². The highest BCUT2D eigenvalue weighted by Gasteiger charge is 2.64. The van der Waals surface area contributed by atoms with Gasteiger partial charge >= 0.3 is 12.1 Å². The molecule has 0 radical (unpaired) electrons. The summed E-state index contributed by atoms with van der Waals surface area (Å²) in [4.78, 5) is 24.4. The van der Waals surface area contributed by atoms with Gasteiger partial charge < -0.3 is 14.7 Å². The van der Waals surface area contributed by atoms with Gasteiger partial charge in [-0.3, -0.25) is 9.59 Å². The van der Waals surface area contributed by atoms with Crippen molar-refractivity contribution in [2.75, 3.05) is 19.7 Å². The molecular weight excluding hydrogens is 351 g/mol. The van der Waals surface area contributed by atoms with Gasteiger partial charge in [0.25, 0.3) is 0 Å². The number of amides is 1. The van der Waals surface area contributed by atoms with E-state index in [1.54, 1.807) is 24.3 Å². The minimum atomic E-state index is -4.90. The van der Waals surface area contributed by atoms with E-state index >= 15 is 0 Å². The number of benzene rings is 1. The number of nitrogens with zero attached hydrogens (tertiary/aromatic N) is 1. The van der Waals surface area contributed by atoms with Crippen LogP contribution in [0.3, 0.4) is 0 Å². The number of ether oxygens (including phenoxy) is 1. The molecule has 8 heteroatoms. The van der Waals surface area contributed by atoms with E-state index in [9.17, 15) is 22.8 Å². The van der Waals surface area contributed by atoms with Crippen LogP contribution in [0, 0.1) is 11.3 Å². The van der Waals surface area contributed by atoms with Crippen LogP contribution in [0.5, 0.6) is 5.75 Å². The van der Waals surface area contributed by atoms with Crippen molar-refractivity contribution >= 4 is 11.9 Å². The average molecular weight is 373 g/mol. The number of hydrogen-bond acceptors (Lipinski definition) is 3. The molecule has 1 atom stereocenters. The van der Waals surface area contributed by atoms with E-state index < -0.39 is 36.4 Å². The zero-order valence-electron chi connectivity index (χ0n) is 14.7. The zero-order valence-corrected chi connectivity index (χ0v) is 14.7. The zero-order chi connectivity index (χ0) is 19.5. The summed E-state index contributed by atoms with van der Waals surface area (Å²) in [6.45, 7) is 3.52. The molecule has 2 rings (SSSR count). The summed E-state index contributed by atoms with van der Waals surface area (Å²) in [6, 6.07) is 6.76. The van der Waals surface area contributed by atoms with E-state index in [-0.39, 0.29) is 13.0 Å². The van der Waals surface area contributed by atoms with Crippen molar-refractivity contribution in [3.05, 3.63) is 29.8 Å². The van der Waals surface area contributed by atoms with Crippen molar-refractivity contribution in [1.29, 1.82) is 0 Å². The summed E-state index contributed by atoms with van der Waals surface area (Å²) in [5, 5.41) is 9.04. The van der Waals surface area contributed by atoms with Gasteiger partial charge in [-0.05, 0) is 30.0 Å². The van der Waals surface area contributed by atoms with Crippen molar-refractivity contribution < 1.29 is 32.6 Å². The molecule has 1 aromatic rings. The van der Waals surface area contributed by atoms with Crippen LogP contribution >= 0.6 is 0 Å². The maximum Gasteiger partial charge on any atom is 0.406 e. The molecule has 5 nitrogen and oxygen atoms in total. The molecule has 1 unspecified atom stereocenters. The van der Waals surface area contributed by atoms with Crippen molar-refractivity contribution in [1.82, 2.24) is 4.90 Å². The first-order valence-electron chi connectivity index (χ1n) is 8.35. The molecule has 26 heavy (non-hydrogen) atoms. The SMILES string of the molecule is CC(C)COc1ccc(CC(=O)N2CCC(C(=O)O)(C(F)(F)F)C2)cc1. The number of halogens is 3. The number of carbonyl (C=O) groups is 2. The van der Waals surface area contributed by atoms with Crippen molar-refractivity contribution in [3.8, 4) is 5.75 Å². The molecule has 1 amide bonds. The normalized spacial score (nSPS) is 20.5. The van der Waals surface area contributed by atoms with E-state index in [1.807, 2.05) is 13.8 Å². The van der Waals surface area contributed by atoms with E-state index in [0.29, 0.717) is 23.8 Å². The van der Waals surface area contributed by atoms with E-state index in [4.69, 9.17) is 9.84 Å². The van der Waals surface area contributed by atoms with Crippen molar-refractivity contribution in [3.63, 3.8) is 0 Å². The predicted molar refractivity (Wildman–Crippen MR) is 87.8 cm³/mol. The molecule has 1 saturated heterocycles. The Labute approximate surface area is 149 Å². The highest BCUT2D eigenvalue weighted by atomic mass is 19.4. The number of likely N-dealkylation sites (tertiary alicyclic amines) is 1. The first-order valence-corrected chi connectivity index (χ1v) is 8.35. The highest BCUT2D eigenvalue weighted by Crippen LogP contribution is 2.45. The lowest BCUT2D eigenvalue weighted by atomic mass is 9.86. The summed E-state index contributed by atoms with van der Waals surface area (Å²) in [5.74, 6) is -1.44. The Morgan fingerprint density at radius 1 is 1.27 bits per heavy atom. The number of carboxylic acids is 1. The molecule has 0 spiro atoms. The lowest BCUT2D eigenvalue weighted by molar-refractivity contribution is -0.227. The molecule has 0 aliphatic carbocycles. The van der Waals surface area contributed by atoms with Crippen LogP contribution in [0.2, 0.25) is 0 Å². The van der Waals surface area contributed by atoms with Crippen LogP contribution in [0.1, 0.15) is 25.8 Å². The molecule has 1 aromatic carbocycles. The van der Waals surface area contributed by atoms with Crippen molar-refractivity contribution in [2.45, 2.75) is 32.9 Å². The Morgan fingerprint density at radius 2 is 1.88 bits per heavy atom. The monoisotopic (exact) mass is 373 g/mol. The fourth-order valence-corrected chi connectivity index (χ4v) is 2.80. The molecule has 1 N–H and O–H groups in total. The largest absolute Gasteiger partial charge is 0.493 e. The third-order valence-electron chi connectivity index (χ3n) is 4.44. The number of rotatable bonds is 6. The molecular formula is C18H22F3NO4. The summed E-state index contributed by atoms with van der Waals surface area (Å²) in [6.07, 6.45) is -5.61. The summed E-state index contributed by atoms with van der Waals surface area (Å²) >= 11 is 0. The van der Waals surface area contributed by atoms with Crippen LogP contribution in [0.4, 0.5) is 13.2 Å². The highest BCUT2D eigenvalue weighted by molar-refractivity contribution is 5.82. The van der Waals surface area contributed by atoms with Crippen LogP contribution in [0.15, 0.2) is 24.3 Å². The Kier molecular flexibility index (Phi) is 5.83. The molecule has 1 aliphatic rings. The van der Waals surface area contributed by atoms with E-state index in [1.165, 1.54) is 0 Å². The number of carbonyl (C=O) groups excluding carboxylic acids is 1. The Balaban J connectivity index is 1.99. The minimum absolute atomic E-state index is 0.0853. The fourth-order valence-electron chi connectivity index (χ4n) is 2.80. The Bertz CT molecular complexity index is 657. The van der Waals surface area contributed by atoms with Gasteiger partial charge in [0.15, 0.2) is 5.41 Å². The second-order valence-electron chi connectivity index (χ2n) is 6.98. The number of hydrogen-bond donors (Lipinski definition) is 1. The third-order valence-corrected chi connectivity index (χ3v) is 4.44. The van der Waals surface area contributed by atoms with Crippen LogP contribution in [0.25, 0.3) is 0 Å². The van der Waals surface area contributed by atoms with Gasteiger partial charge in [0.2, 0.25) is 5.91 Å². The van der Waals surface area contributed by atoms with Gasteiger partial charge in [0, 0.05) is 13.1 Å². The fraction of sp³-hybridized carbons (Fsp3) is 0.556. The molecule has 1 heterocycles. The minimum Gasteiger partial charge on any atom is -0.493 e. The first-order chi connectivity index (χ1) is 12.0. The van der Waals surface area contributed by atoms with E-state index in [2.05, 4.69) is 0 Å². The molecule has 144 valence electrons. The van der Waals surface area contributed by atoms with Crippen LogP contribution < -0.4 is 4.74 Å². The van der Waals surface area contributed by atoms with Gasteiger partial charge in [0.1, 0.15) is 5.75 Å². The number of alkyl halides is 3. The Morgan fingerprint density at radius 3 is 2.35 bits per heavy atom. The quantitative estimate of drug-likeness (QED) is 0.832. The number of aliphatic carboxylic acids is 1. The molecule has 0 saturated carbocycles. The molecule has 1 aliphatic heterocycles. The van der Waals surface area contributed by atoms with E-state index in [0.717, 1.165) is 4.90 Å². The second-order valence-corrected chi connectivity index (χ2v) is 6.98. The summed E-state index contributed by atoms with van der Waals surface area (Å²) < 4.78 is 45.0. The lowest BCUT2D eigenvalue weighted by Crippen LogP contribution is -2.47. The first kappa shape index (κ1) is 20.1. The molecule has 0 aromatic heterocycles. The topological polar surface area (TPSA) is 66.8 Å². The molecule has 0 bridgehead atoms. The van der Waals surface area contributed by atoms with Crippen LogP contribution in [-0.4, -0.2) is 47.8 Å². The third kappa shape index (κ3) is 4.28. The molecule has 1 fully saturated rings. The average Bonchev–Trinajstić information content (AvgIpc) is 3.01. The standard InChI is InChI=1S/C18H22F3NO4/c1-12(2)10-26-14-5-3-13(4-6-14)9-15(23)22-8-7-17(11-22,16(24)25)18(19,20)21/h3-6,12H,7-11H2,1-2H3,(H,24,25). The van der Waals surface area contributed by atoms with Gasteiger partial charge in [-0.25, -0.2) is 0 Å². The van der Waals surface area contributed by atoms with Gasteiger partial charge in [-0.1, -0.05) is 26.0 Å². The second kappa shape index (κ2) is 7.55. The smallest absolute Gasteiger partial charge is 0.406 e. The summed E-state index contributed by atoms with van der Waals surface area (Å²) in [7, 11) is 0. The predicted octanol–water partition coefficient (Wildman–Crippen LogP) is 3.13. The Hall–Kier alpha value is -2.25.